The number of likely N-dealkylation sites (N-methyl/N-ethyl adjacent to an activating group) is 1. The predicted octanol–water partition coefficient (Wildman–Crippen LogP) is 0.953. The van der Waals surface area contributed by atoms with Crippen LogP contribution >= 0.6 is 0 Å². The largest absolute Gasteiger partial charge is 0.465 e. The highest BCUT2D eigenvalue weighted by atomic mass is 16.4. The van der Waals surface area contributed by atoms with Gasteiger partial charge in [0.05, 0.1) is 12.1 Å². The number of urea groups is 1. The van der Waals surface area contributed by atoms with Crippen LogP contribution in [0.1, 0.15) is 19.3 Å². The second kappa shape index (κ2) is 2.61. The van der Waals surface area contributed by atoms with Crippen molar-refractivity contribution in [1.29, 1.82) is 0 Å². The highest BCUT2D eigenvalue weighted by Gasteiger charge is 2.49. The van der Waals surface area contributed by atoms with Gasteiger partial charge in [0.2, 0.25) is 0 Å². The van der Waals surface area contributed by atoms with E-state index in [4.69, 9.17) is 5.11 Å². The first-order chi connectivity index (χ1) is 6.13. The van der Waals surface area contributed by atoms with Gasteiger partial charge in [-0.2, -0.15) is 0 Å². The molecule has 1 N–H and O–H groups in total. The van der Waals surface area contributed by atoms with Crippen molar-refractivity contribution in [2.45, 2.75) is 31.3 Å². The lowest BCUT2D eigenvalue weighted by Crippen LogP contribution is -2.38. The van der Waals surface area contributed by atoms with Crippen LogP contribution in [0.3, 0.4) is 0 Å². The Morgan fingerprint density at radius 1 is 1.46 bits per heavy atom. The molecule has 1 aliphatic carbocycles. The fraction of sp³-hybridized carbons (Fsp3) is 0.750. The zero-order valence-electron chi connectivity index (χ0n) is 7.43. The van der Waals surface area contributed by atoms with Gasteiger partial charge in [-0.1, -0.05) is 0 Å². The zero-order valence-corrected chi connectivity index (χ0v) is 7.43. The Balaban J connectivity index is 2.28. The van der Waals surface area contributed by atoms with E-state index >= 15 is 0 Å². The summed E-state index contributed by atoms with van der Waals surface area (Å²) < 4.78 is 0. The first-order valence-electron chi connectivity index (χ1n) is 4.42. The van der Waals surface area contributed by atoms with E-state index in [9.17, 15) is 9.59 Å². The van der Waals surface area contributed by atoms with Gasteiger partial charge in [0.1, 0.15) is 0 Å². The minimum atomic E-state index is -1.12. The molecule has 0 spiro atoms. The van der Waals surface area contributed by atoms with Gasteiger partial charge >= 0.3 is 12.1 Å². The zero-order chi connectivity index (χ0) is 9.59. The smallest absolute Gasteiger partial charge is 0.415 e. The number of carbonyl (C=O) groups excluding carboxylic acids is 1. The van der Waals surface area contributed by atoms with Crippen molar-refractivity contribution < 1.29 is 14.7 Å². The van der Waals surface area contributed by atoms with Crippen molar-refractivity contribution in [1.82, 2.24) is 9.80 Å². The van der Waals surface area contributed by atoms with Crippen LogP contribution in [-0.2, 0) is 0 Å². The van der Waals surface area contributed by atoms with Crippen molar-refractivity contribution >= 4 is 12.1 Å². The molecular formula is C8H12N2O3. The summed E-state index contributed by atoms with van der Waals surface area (Å²) in [5.74, 6) is 0. The lowest BCUT2D eigenvalue weighted by molar-refractivity contribution is 0.143. The van der Waals surface area contributed by atoms with Gasteiger partial charge in [0.25, 0.3) is 0 Å². The average Bonchev–Trinajstić information content (AvgIpc) is 2.57. The van der Waals surface area contributed by atoms with E-state index in [1.165, 1.54) is 0 Å². The van der Waals surface area contributed by atoms with Crippen LogP contribution in [0.5, 0.6) is 0 Å². The fourth-order valence-electron chi connectivity index (χ4n) is 2.35. The summed E-state index contributed by atoms with van der Waals surface area (Å²) in [6, 6.07) is -0.360. The van der Waals surface area contributed by atoms with Crippen LogP contribution in [0, 0.1) is 0 Å². The molecule has 5 heteroatoms. The Kier molecular flexibility index (Phi) is 1.68. The average molecular weight is 184 g/mol. The van der Waals surface area contributed by atoms with E-state index < -0.39 is 6.09 Å². The molecule has 2 aliphatic rings. The normalized spacial score (nSPS) is 32.5. The van der Waals surface area contributed by atoms with E-state index in [1.54, 1.807) is 11.9 Å². The van der Waals surface area contributed by atoms with Gasteiger partial charge in [0.15, 0.2) is 0 Å². The lowest BCUT2D eigenvalue weighted by atomic mass is 10.2. The van der Waals surface area contributed by atoms with E-state index in [-0.39, 0.29) is 18.1 Å². The molecule has 3 amide bonds. The number of hydrogen-bond acceptors (Lipinski definition) is 2. The monoisotopic (exact) mass is 184 g/mol. The van der Waals surface area contributed by atoms with Crippen LogP contribution < -0.4 is 0 Å². The number of rotatable bonds is 0. The summed E-state index contributed by atoms with van der Waals surface area (Å²) in [5, 5.41) is 8.83. The summed E-state index contributed by atoms with van der Waals surface area (Å²) in [6.45, 7) is 0. The number of nitrogens with zero attached hydrogens (tertiary/aromatic N) is 2. The molecule has 13 heavy (non-hydrogen) atoms. The van der Waals surface area contributed by atoms with Crippen molar-refractivity contribution in [3.63, 3.8) is 0 Å². The number of carbonyl (C=O) groups is 2. The van der Waals surface area contributed by atoms with Crippen LogP contribution in [0.25, 0.3) is 0 Å². The quantitative estimate of drug-likeness (QED) is 0.609. The van der Waals surface area contributed by atoms with Crippen molar-refractivity contribution in [3.05, 3.63) is 0 Å². The second-order valence-electron chi connectivity index (χ2n) is 3.61. The minimum absolute atomic E-state index is 0.102. The predicted molar refractivity (Wildman–Crippen MR) is 44.4 cm³/mol. The molecule has 2 fully saturated rings. The molecule has 72 valence electrons. The molecule has 0 aromatic carbocycles. The first-order valence-corrected chi connectivity index (χ1v) is 4.42. The molecular weight excluding hydrogens is 172 g/mol. The SMILES string of the molecule is CN1C(=O)N(C(=O)O)C2CCCC21. The standard InChI is InChI=1S/C8H12N2O3/c1-9-5-3-2-4-6(5)10(7(9)11)8(12)13/h5-6H,2-4H2,1H3,(H,12,13). The van der Waals surface area contributed by atoms with Crippen LogP contribution in [0.4, 0.5) is 9.59 Å². The van der Waals surface area contributed by atoms with Crippen molar-refractivity contribution in [3.8, 4) is 0 Å². The molecule has 0 aromatic heterocycles. The van der Waals surface area contributed by atoms with Gasteiger partial charge in [-0.15, -0.1) is 0 Å². The maximum Gasteiger partial charge on any atom is 0.415 e. The molecule has 0 bridgehead atoms. The molecule has 2 unspecified atom stereocenters. The summed E-state index contributed by atoms with van der Waals surface area (Å²) >= 11 is 0. The number of carboxylic acid groups (broad SMARTS) is 1. The third kappa shape index (κ3) is 0.993. The topological polar surface area (TPSA) is 60.9 Å². The van der Waals surface area contributed by atoms with Gasteiger partial charge in [-0.05, 0) is 19.3 Å². The summed E-state index contributed by atoms with van der Waals surface area (Å²) in [5.41, 5.74) is 0. The van der Waals surface area contributed by atoms with E-state index in [0.29, 0.717) is 0 Å². The first kappa shape index (κ1) is 8.34. The van der Waals surface area contributed by atoms with Crippen LogP contribution in [0.15, 0.2) is 0 Å². The summed E-state index contributed by atoms with van der Waals surface area (Å²) in [4.78, 5) is 24.7. The third-order valence-corrected chi connectivity index (χ3v) is 2.99. The maximum absolute atomic E-state index is 11.4. The lowest BCUT2D eigenvalue weighted by Gasteiger charge is -2.15. The molecule has 5 nitrogen and oxygen atoms in total. The van der Waals surface area contributed by atoms with Gasteiger partial charge in [-0.3, -0.25) is 0 Å². The third-order valence-electron chi connectivity index (χ3n) is 2.99. The van der Waals surface area contributed by atoms with Crippen LogP contribution in [0.2, 0.25) is 0 Å². The van der Waals surface area contributed by atoms with Gasteiger partial charge in [0, 0.05) is 7.05 Å². The van der Waals surface area contributed by atoms with Gasteiger partial charge in [-0.25, -0.2) is 14.5 Å². The Morgan fingerprint density at radius 2 is 2.08 bits per heavy atom. The summed E-state index contributed by atoms with van der Waals surface area (Å²) in [7, 11) is 1.67. The summed E-state index contributed by atoms with van der Waals surface area (Å²) in [6.07, 6.45) is 1.63. The van der Waals surface area contributed by atoms with Gasteiger partial charge < -0.3 is 10.0 Å². The second-order valence-corrected chi connectivity index (χ2v) is 3.61. The molecule has 1 aliphatic heterocycles. The highest BCUT2D eigenvalue weighted by molar-refractivity contribution is 5.92. The molecule has 1 saturated carbocycles. The fourth-order valence-corrected chi connectivity index (χ4v) is 2.35. The molecule has 0 aromatic rings. The number of fused-ring (bicyclic) bond motifs is 1. The Bertz CT molecular complexity index is 266. The molecule has 1 heterocycles. The molecule has 1 saturated heterocycles. The Hall–Kier alpha value is -1.26. The Labute approximate surface area is 75.9 Å². The van der Waals surface area contributed by atoms with E-state index in [0.717, 1.165) is 24.2 Å². The minimum Gasteiger partial charge on any atom is -0.465 e. The number of amides is 3. The van der Waals surface area contributed by atoms with Crippen LogP contribution in [-0.4, -0.2) is 46.2 Å². The molecule has 2 atom stereocenters. The Morgan fingerprint density at radius 3 is 2.69 bits per heavy atom. The number of imide groups is 1. The number of hydrogen-bond donors (Lipinski definition) is 1. The van der Waals surface area contributed by atoms with Crippen molar-refractivity contribution in [2.24, 2.45) is 0 Å². The van der Waals surface area contributed by atoms with E-state index in [1.807, 2.05) is 0 Å². The molecule has 0 radical (unpaired) electrons. The molecule has 2 rings (SSSR count). The van der Waals surface area contributed by atoms with Crippen molar-refractivity contribution in [2.75, 3.05) is 7.05 Å². The highest BCUT2D eigenvalue weighted by Crippen LogP contribution is 2.34. The van der Waals surface area contributed by atoms with E-state index in [2.05, 4.69) is 0 Å². The maximum atomic E-state index is 11.4.